The van der Waals surface area contributed by atoms with Gasteiger partial charge in [-0.05, 0) is 41.5 Å². The van der Waals surface area contributed by atoms with E-state index in [9.17, 15) is 4.39 Å². The molecular formula is C19H22ClFN2O. The zero-order chi connectivity index (χ0) is 16.8. The predicted molar refractivity (Wildman–Crippen MR) is 95.2 cm³/mol. The van der Waals surface area contributed by atoms with E-state index in [4.69, 9.17) is 16.3 Å². The lowest BCUT2D eigenvalue weighted by atomic mass is 10.1. The molecule has 24 heavy (non-hydrogen) atoms. The maximum absolute atomic E-state index is 14.3. The van der Waals surface area contributed by atoms with Gasteiger partial charge in [-0.15, -0.1) is 0 Å². The number of hydrogen-bond acceptors (Lipinski definition) is 3. The van der Waals surface area contributed by atoms with Gasteiger partial charge in [-0.25, -0.2) is 4.39 Å². The fourth-order valence-corrected chi connectivity index (χ4v) is 2.96. The van der Waals surface area contributed by atoms with Crippen LogP contribution in [0.2, 0.25) is 5.02 Å². The van der Waals surface area contributed by atoms with Crippen molar-refractivity contribution >= 4 is 11.6 Å². The molecule has 0 saturated carbocycles. The molecular weight excluding hydrogens is 327 g/mol. The molecule has 1 aliphatic rings. The van der Waals surface area contributed by atoms with E-state index in [0.29, 0.717) is 23.6 Å². The van der Waals surface area contributed by atoms with Crippen LogP contribution in [0.3, 0.4) is 0 Å². The molecule has 128 valence electrons. The van der Waals surface area contributed by atoms with E-state index in [1.54, 1.807) is 18.2 Å². The highest BCUT2D eigenvalue weighted by Gasteiger charge is 2.11. The lowest BCUT2D eigenvalue weighted by Gasteiger charge is -2.27. The molecule has 1 N–H and O–H groups in total. The molecule has 1 heterocycles. The molecule has 1 fully saturated rings. The summed E-state index contributed by atoms with van der Waals surface area (Å²) < 4.78 is 19.9. The zero-order valence-electron chi connectivity index (χ0n) is 13.6. The van der Waals surface area contributed by atoms with Gasteiger partial charge in [0.1, 0.15) is 11.6 Å². The van der Waals surface area contributed by atoms with Crippen LogP contribution in [0, 0.1) is 5.82 Å². The van der Waals surface area contributed by atoms with Crippen LogP contribution in [0.4, 0.5) is 4.39 Å². The van der Waals surface area contributed by atoms with E-state index in [1.165, 1.54) is 0 Å². The van der Waals surface area contributed by atoms with Gasteiger partial charge >= 0.3 is 0 Å². The molecule has 2 aromatic carbocycles. The number of benzene rings is 2. The molecule has 0 amide bonds. The highest BCUT2D eigenvalue weighted by Crippen LogP contribution is 2.17. The molecule has 0 atom stereocenters. The van der Waals surface area contributed by atoms with Crippen molar-refractivity contribution in [2.24, 2.45) is 0 Å². The Morgan fingerprint density at radius 3 is 2.54 bits per heavy atom. The van der Waals surface area contributed by atoms with Gasteiger partial charge in [-0.1, -0.05) is 23.7 Å². The molecule has 5 heteroatoms. The third-order valence-electron chi connectivity index (χ3n) is 4.19. The molecule has 3 nitrogen and oxygen atoms in total. The van der Waals surface area contributed by atoms with E-state index >= 15 is 0 Å². The number of ether oxygens (including phenoxy) is 1. The Kier molecular flexibility index (Phi) is 6.07. The molecule has 0 spiro atoms. The summed E-state index contributed by atoms with van der Waals surface area (Å²) in [6.07, 6.45) is 0.544. The minimum Gasteiger partial charge on any atom is -0.493 e. The Labute approximate surface area is 147 Å². The molecule has 0 bridgehead atoms. The molecule has 0 aromatic heterocycles. The summed E-state index contributed by atoms with van der Waals surface area (Å²) in [5.41, 5.74) is 1.71. The number of piperazine rings is 1. The van der Waals surface area contributed by atoms with E-state index in [0.717, 1.165) is 44.0 Å². The fraction of sp³-hybridized carbons (Fsp3) is 0.368. The third-order valence-corrected chi connectivity index (χ3v) is 4.44. The second-order valence-corrected chi connectivity index (χ2v) is 6.44. The fourth-order valence-electron chi connectivity index (χ4n) is 2.83. The maximum atomic E-state index is 14.3. The number of halogens is 2. The number of rotatable bonds is 6. The van der Waals surface area contributed by atoms with E-state index in [2.05, 4.69) is 10.2 Å². The van der Waals surface area contributed by atoms with Crippen LogP contribution < -0.4 is 10.1 Å². The van der Waals surface area contributed by atoms with Crippen LogP contribution in [0.5, 0.6) is 5.75 Å². The van der Waals surface area contributed by atoms with Gasteiger partial charge < -0.3 is 10.1 Å². The largest absolute Gasteiger partial charge is 0.493 e. The topological polar surface area (TPSA) is 24.5 Å². The summed E-state index contributed by atoms with van der Waals surface area (Å²) in [5.74, 6) is 0.595. The van der Waals surface area contributed by atoms with Crippen molar-refractivity contribution in [1.29, 1.82) is 0 Å². The Balaban J connectivity index is 1.51. The normalized spacial score (nSPS) is 15.4. The number of hydrogen-bond donors (Lipinski definition) is 1. The molecule has 2 aromatic rings. The van der Waals surface area contributed by atoms with Gasteiger partial charge in [0, 0.05) is 44.2 Å². The van der Waals surface area contributed by atoms with Crippen molar-refractivity contribution in [3.05, 3.63) is 64.4 Å². The van der Waals surface area contributed by atoms with E-state index in [-0.39, 0.29) is 5.82 Å². The van der Waals surface area contributed by atoms with Crippen molar-refractivity contribution in [1.82, 2.24) is 10.2 Å². The van der Waals surface area contributed by atoms with Crippen LogP contribution in [-0.2, 0) is 13.0 Å². The standard InChI is InChI=1S/C19H22ClFN2O/c20-17-3-5-18(6-4-17)24-12-7-16-2-1-15(13-19(16)21)14-23-10-8-22-9-11-23/h1-6,13,22H,7-12,14H2. The molecule has 3 rings (SSSR count). The van der Waals surface area contributed by atoms with Crippen LogP contribution in [0.25, 0.3) is 0 Å². The van der Waals surface area contributed by atoms with Crippen LogP contribution in [0.15, 0.2) is 42.5 Å². The van der Waals surface area contributed by atoms with Gasteiger partial charge in [-0.3, -0.25) is 4.90 Å². The summed E-state index contributed by atoms with van der Waals surface area (Å²) in [5, 5.41) is 4.00. The summed E-state index contributed by atoms with van der Waals surface area (Å²) in [6.45, 7) is 5.28. The average molecular weight is 349 g/mol. The number of nitrogens with one attached hydrogen (secondary N) is 1. The first-order valence-electron chi connectivity index (χ1n) is 8.29. The van der Waals surface area contributed by atoms with Gasteiger partial charge in [0.05, 0.1) is 6.61 Å². The first kappa shape index (κ1) is 17.2. The first-order chi connectivity index (χ1) is 11.7. The van der Waals surface area contributed by atoms with Gasteiger partial charge in [-0.2, -0.15) is 0 Å². The second kappa shape index (κ2) is 8.47. The highest BCUT2D eigenvalue weighted by atomic mass is 35.5. The third kappa shape index (κ3) is 4.94. The molecule has 0 radical (unpaired) electrons. The van der Waals surface area contributed by atoms with Gasteiger partial charge in [0.15, 0.2) is 0 Å². The van der Waals surface area contributed by atoms with Crippen LogP contribution in [-0.4, -0.2) is 37.7 Å². The highest BCUT2D eigenvalue weighted by molar-refractivity contribution is 6.30. The van der Waals surface area contributed by atoms with E-state index in [1.807, 2.05) is 24.3 Å². The number of nitrogens with zero attached hydrogens (tertiary/aromatic N) is 1. The maximum Gasteiger partial charge on any atom is 0.126 e. The van der Waals surface area contributed by atoms with Crippen molar-refractivity contribution in [3.8, 4) is 5.75 Å². The van der Waals surface area contributed by atoms with Gasteiger partial charge in [0.2, 0.25) is 0 Å². The summed E-state index contributed by atoms with van der Waals surface area (Å²) in [4.78, 5) is 2.34. The Hall–Kier alpha value is -1.62. The van der Waals surface area contributed by atoms with Gasteiger partial charge in [0.25, 0.3) is 0 Å². The molecule has 1 aliphatic heterocycles. The zero-order valence-corrected chi connectivity index (χ0v) is 14.4. The second-order valence-electron chi connectivity index (χ2n) is 6.00. The lowest BCUT2D eigenvalue weighted by Crippen LogP contribution is -2.42. The average Bonchev–Trinajstić information content (AvgIpc) is 2.59. The Bertz CT molecular complexity index is 657. The Morgan fingerprint density at radius 1 is 1.08 bits per heavy atom. The SMILES string of the molecule is Fc1cc(CN2CCNCC2)ccc1CCOc1ccc(Cl)cc1. The Morgan fingerprint density at radius 2 is 1.83 bits per heavy atom. The summed E-state index contributed by atoms with van der Waals surface area (Å²) in [6, 6.07) is 12.7. The minimum absolute atomic E-state index is 0.151. The monoisotopic (exact) mass is 348 g/mol. The van der Waals surface area contributed by atoms with Crippen molar-refractivity contribution in [2.45, 2.75) is 13.0 Å². The van der Waals surface area contributed by atoms with Crippen molar-refractivity contribution < 1.29 is 9.13 Å². The minimum atomic E-state index is -0.151. The summed E-state index contributed by atoms with van der Waals surface area (Å²) >= 11 is 5.83. The lowest BCUT2D eigenvalue weighted by molar-refractivity contribution is 0.233. The predicted octanol–water partition coefficient (Wildman–Crippen LogP) is 3.51. The van der Waals surface area contributed by atoms with Crippen molar-refractivity contribution in [2.75, 3.05) is 32.8 Å². The smallest absolute Gasteiger partial charge is 0.126 e. The van der Waals surface area contributed by atoms with Crippen LogP contribution >= 0.6 is 11.6 Å². The first-order valence-corrected chi connectivity index (χ1v) is 8.67. The molecule has 0 unspecified atom stereocenters. The van der Waals surface area contributed by atoms with Crippen LogP contribution in [0.1, 0.15) is 11.1 Å². The summed E-state index contributed by atoms with van der Waals surface area (Å²) in [7, 11) is 0. The van der Waals surface area contributed by atoms with Crippen molar-refractivity contribution in [3.63, 3.8) is 0 Å². The molecule has 1 saturated heterocycles. The van der Waals surface area contributed by atoms with E-state index < -0.39 is 0 Å². The molecule has 0 aliphatic carbocycles. The quantitative estimate of drug-likeness (QED) is 0.864.